The number of aromatic nitrogens is 3. The number of nitrogens with zero attached hydrogens (tertiary/aromatic N) is 3. The first-order chi connectivity index (χ1) is 15.1. The number of aromatic amines is 1. The number of carbonyl (C=O) groups is 1. The van der Waals surface area contributed by atoms with Crippen molar-refractivity contribution in [2.75, 3.05) is 13.1 Å². The molecule has 1 atom stereocenters. The van der Waals surface area contributed by atoms with Crippen LogP contribution in [0.2, 0.25) is 0 Å². The lowest BCUT2D eigenvalue weighted by molar-refractivity contribution is 0.131. The molecule has 162 valence electrons. The van der Waals surface area contributed by atoms with Crippen molar-refractivity contribution in [3.05, 3.63) is 71.8 Å². The maximum Gasteiger partial charge on any atom is 0.415 e. The Bertz CT molecular complexity index is 983. The number of likely N-dealkylation sites (tertiary alicyclic amines) is 1. The summed E-state index contributed by atoms with van der Waals surface area (Å²) in [6.07, 6.45) is 7.91. The number of hydrogen-bond acceptors (Lipinski definition) is 5. The van der Waals surface area contributed by atoms with Gasteiger partial charge in [-0.05, 0) is 61.1 Å². The zero-order valence-electron chi connectivity index (χ0n) is 18.0. The van der Waals surface area contributed by atoms with Gasteiger partial charge in [-0.2, -0.15) is 0 Å². The molecule has 1 aliphatic heterocycles. The van der Waals surface area contributed by atoms with Crippen LogP contribution in [0.5, 0.6) is 5.75 Å². The van der Waals surface area contributed by atoms with Crippen LogP contribution in [0.25, 0.3) is 0 Å². The number of pyridine rings is 1. The molecule has 1 fully saturated rings. The fourth-order valence-electron chi connectivity index (χ4n) is 3.88. The minimum absolute atomic E-state index is 0.266. The van der Waals surface area contributed by atoms with Crippen LogP contribution in [0.15, 0.2) is 60.1 Å². The molecule has 4 rings (SSSR count). The molecular formula is C24H28N4O2S. The van der Waals surface area contributed by atoms with E-state index in [9.17, 15) is 4.79 Å². The SMILES string of the molecule is Cc1ccnc(Cc2ccc(OC(=O)N3CCC(C(C)Sc4ncc[nH]4)CC3)cc2)c1. The Kier molecular flexibility index (Phi) is 6.92. The van der Waals surface area contributed by atoms with Crippen molar-refractivity contribution < 1.29 is 9.53 Å². The Morgan fingerprint density at radius 1 is 1.19 bits per heavy atom. The quantitative estimate of drug-likeness (QED) is 0.545. The third-order valence-electron chi connectivity index (χ3n) is 5.72. The van der Waals surface area contributed by atoms with Crippen molar-refractivity contribution in [1.82, 2.24) is 19.9 Å². The van der Waals surface area contributed by atoms with Gasteiger partial charge in [0, 0.05) is 49.0 Å². The van der Waals surface area contributed by atoms with Gasteiger partial charge in [0.05, 0.1) is 0 Å². The molecule has 0 bridgehead atoms. The summed E-state index contributed by atoms with van der Waals surface area (Å²) < 4.78 is 5.61. The number of carbonyl (C=O) groups excluding carboxylic acids is 1. The minimum Gasteiger partial charge on any atom is -0.410 e. The second-order valence-corrected chi connectivity index (χ2v) is 9.42. The van der Waals surface area contributed by atoms with E-state index in [1.54, 1.807) is 18.0 Å². The second kappa shape index (κ2) is 10.0. The number of imidazole rings is 1. The van der Waals surface area contributed by atoms with Crippen LogP contribution < -0.4 is 4.74 Å². The molecule has 0 aliphatic carbocycles. The molecule has 7 heteroatoms. The Morgan fingerprint density at radius 3 is 2.65 bits per heavy atom. The number of ether oxygens (including phenoxy) is 1. The second-order valence-electron chi connectivity index (χ2n) is 8.06. The van der Waals surface area contributed by atoms with Gasteiger partial charge in [0.15, 0.2) is 5.16 Å². The summed E-state index contributed by atoms with van der Waals surface area (Å²) in [5.41, 5.74) is 3.38. The predicted molar refractivity (Wildman–Crippen MR) is 122 cm³/mol. The molecular weight excluding hydrogens is 408 g/mol. The molecule has 1 aromatic carbocycles. The Labute approximate surface area is 187 Å². The van der Waals surface area contributed by atoms with Crippen molar-refractivity contribution in [2.24, 2.45) is 5.92 Å². The fraction of sp³-hybridized carbons (Fsp3) is 0.375. The molecule has 1 amide bonds. The summed E-state index contributed by atoms with van der Waals surface area (Å²) in [5.74, 6) is 1.14. The Balaban J connectivity index is 1.25. The van der Waals surface area contributed by atoms with Gasteiger partial charge < -0.3 is 14.6 Å². The van der Waals surface area contributed by atoms with Gasteiger partial charge >= 0.3 is 6.09 Å². The average Bonchev–Trinajstić information content (AvgIpc) is 3.28. The summed E-state index contributed by atoms with van der Waals surface area (Å²) in [4.78, 5) is 26.2. The van der Waals surface area contributed by atoms with Gasteiger partial charge in [0.25, 0.3) is 0 Å². The summed E-state index contributed by atoms with van der Waals surface area (Å²) >= 11 is 1.77. The number of amides is 1. The first kappa shape index (κ1) is 21.4. The lowest BCUT2D eigenvalue weighted by atomic mass is 9.94. The van der Waals surface area contributed by atoms with E-state index in [2.05, 4.69) is 34.9 Å². The third kappa shape index (κ3) is 5.88. The van der Waals surface area contributed by atoms with Crippen molar-refractivity contribution in [1.29, 1.82) is 0 Å². The van der Waals surface area contributed by atoms with E-state index in [4.69, 9.17) is 4.74 Å². The van der Waals surface area contributed by atoms with Crippen LogP contribution in [-0.4, -0.2) is 44.3 Å². The molecule has 2 aromatic heterocycles. The average molecular weight is 437 g/mol. The molecule has 3 aromatic rings. The molecule has 1 saturated heterocycles. The van der Waals surface area contributed by atoms with E-state index < -0.39 is 0 Å². The van der Waals surface area contributed by atoms with E-state index in [1.807, 2.05) is 47.6 Å². The Hall–Kier alpha value is -2.80. The number of hydrogen-bond donors (Lipinski definition) is 1. The maximum atomic E-state index is 12.6. The van der Waals surface area contributed by atoms with E-state index >= 15 is 0 Å². The molecule has 1 aliphatic rings. The highest BCUT2D eigenvalue weighted by Crippen LogP contribution is 2.32. The topological polar surface area (TPSA) is 71.1 Å². The zero-order valence-corrected chi connectivity index (χ0v) is 18.8. The molecule has 0 radical (unpaired) electrons. The fourth-order valence-corrected chi connectivity index (χ4v) is 4.96. The van der Waals surface area contributed by atoms with Crippen LogP contribution in [0.1, 0.15) is 36.6 Å². The van der Waals surface area contributed by atoms with Crippen molar-refractivity contribution >= 4 is 17.9 Å². The number of nitrogens with one attached hydrogen (secondary N) is 1. The Morgan fingerprint density at radius 2 is 1.97 bits per heavy atom. The van der Waals surface area contributed by atoms with E-state index in [0.717, 1.165) is 48.8 Å². The number of piperidine rings is 1. The lowest BCUT2D eigenvalue weighted by Gasteiger charge is -2.33. The van der Waals surface area contributed by atoms with E-state index in [0.29, 0.717) is 16.9 Å². The third-order valence-corrected chi connectivity index (χ3v) is 6.92. The molecule has 3 heterocycles. The molecule has 0 spiro atoms. The van der Waals surface area contributed by atoms with E-state index in [-0.39, 0.29) is 6.09 Å². The lowest BCUT2D eigenvalue weighted by Crippen LogP contribution is -2.41. The van der Waals surface area contributed by atoms with Gasteiger partial charge in [-0.25, -0.2) is 9.78 Å². The summed E-state index contributed by atoms with van der Waals surface area (Å²) in [7, 11) is 0. The summed E-state index contributed by atoms with van der Waals surface area (Å²) in [6.45, 7) is 5.75. The molecule has 31 heavy (non-hydrogen) atoms. The monoisotopic (exact) mass is 436 g/mol. The van der Waals surface area contributed by atoms with Crippen molar-refractivity contribution in [2.45, 2.75) is 43.5 Å². The first-order valence-corrected chi connectivity index (χ1v) is 11.6. The van der Waals surface area contributed by atoms with Crippen LogP contribution in [0.4, 0.5) is 4.79 Å². The maximum absolute atomic E-state index is 12.6. The number of H-pyrrole nitrogens is 1. The molecule has 0 saturated carbocycles. The van der Waals surface area contributed by atoms with Gasteiger partial charge in [-0.3, -0.25) is 4.98 Å². The predicted octanol–water partition coefficient (Wildman–Crippen LogP) is 5.10. The van der Waals surface area contributed by atoms with Gasteiger partial charge in [0.2, 0.25) is 0 Å². The zero-order chi connectivity index (χ0) is 21.6. The summed E-state index contributed by atoms with van der Waals surface area (Å²) in [5, 5.41) is 1.41. The number of rotatable bonds is 6. The smallest absolute Gasteiger partial charge is 0.410 e. The van der Waals surface area contributed by atoms with Crippen molar-refractivity contribution in [3.63, 3.8) is 0 Å². The van der Waals surface area contributed by atoms with Crippen LogP contribution in [0.3, 0.4) is 0 Å². The van der Waals surface area contributed by atoms with Crippen LogP contribution >= 0.6 is 11.8 Å². The van der Waals surface area contributed by atoms with Crippen molar-refractivity contribution in [3.8, 4) is 5.75 Å². The first-order valence-electron chi connectivity index (χ1n) is 10.7. The van der Waals surface area contributed by atoms with E-state index in [1.165, 1.54) is 5.56 Å². The van der Waals surface area contributed by atoms with Gasteiger partial charge in [-0.15, -0.1) is 0 Å². The van der Waals surface area contributed by atoms with Gasteiger partial charge in [-0.1, -0.05) is 30.8 Å². The highest BCUT2D eigenvalue weighted by molar-refractivity contribution is 7.99. The number of thioether (sulfide) groups is 1. The highest BCUT2D eigenvalue weighted by Gasteiger charge is 2.28. The largest absolute Gasteiger partial charge is 0.415 e. The standard InChI is InChI=1S/C24H28N4O2S/c1-17-7-10-25-21(15-17)16-19-3-5-22(6-4-19)30-24(29)28-13-8-20(9-14-28)18(2)31-23-26-11-12-27-23/h3-7,10-12,15,18,20H,8-9,13-14,16H2,1-2H3,(H,26,27). The summed E-state index contributed by atoms with van der Waals surface area (Å²) in [6, 6.07) is 11.8. The molecule has 6 nitrogen and oxygen atoms in total. The number of benzene rings is 1. The molecule has 1 unspecified atom stereocenters. The minimum atomic E-state index is -0.266. The highest BCUT2D eigenvalue weighted by atomic mass is 32.2. The molecule has 1 N–H and O–H groups in total. The van der Waals surface area contributed by atoms with Crippen LogP contribution in [-0.2, 0) is 6.42 Å². The number of aryl methyl sites for hydroxylation is 1. The van der Waals surface area contributed by atoms with Crippen LogP contribution in [0, 0.1) is 12.8 Å². The normalized spacial score (nSPS) is 15.6. The van der Waals surface area contributed by atoms with Gasteiger partial charge in [0.1, 0.15) is 5.75 Å².